The van der Waals surface area contributed by atoms with Crippen LogP contribution in [0.3, 0.4) is 0 Å². The van der Waals surface area contributed by atoms with Gasteiger partial charge in [-0.05, 0) is 106 Å². The lowest BCUT2D eigenvalue weighted by Crippen LogP contribution is -2.50. The summed E-state index contributed by atoms with van der Waals surface area (Å²) >= 11 is 6.09. The van der Waals surface area contributed by atoms with Crippen molar-refractivity contribution < 1.29 is 8.42 Å². The van der Waals surface area contributed by atoms with Gasteiger partial charge < -0.3 is 14.8 Å². The number of hydrogen-bond donors (Lipinski definition) is 1. The molecule has 2 unspecified atom stereocenters. The molecule has 0 aliphatic carbocycles. The zero-order chi connectivity index (χ0) is 31.9. The topological polar surface area (TPSA) is 82.8 Å². The van der Waals surface area contributed by atoms with Gasteiger partial charge in [0.25, 0.3) is 10.0 Å². The van der Waals surface area contributed by atoms with E-state index in [-0.39, 0.29) is 5.41 Å². The lowest BCUT2D eigenvalue weighted by Gasteiger charge is -2.46. The number of nitrogens with one attached hydrogen (secondary N) is 1. The van der Waals surface area contributed by atoms with Crippen LogP contribution < -0.4 is 5.32 Å². The Morgan fingerprint density at radius 2 is 1.59 bits per heavy atom. The third-order valence-corrected chi connectivity index (χ3v) is 11.4. The third kappa shape index (κ3) is 6.42. The number of hydrogen-bond acceptors (Lipinski definition) is 4. The van der Waals surface area contributed by atoms with Gasteiger partial charge in [0, 0.05) is 41.9 Å². The summed E-state index contributed by atoms with van der Waals surface area (Å²) in [6.45, 7) is 4.66. The first-order chi connectivity index (χ1) is 22.2. The highest BCUT2D eigenvalue weighted by Gasteiger charge is 2.44. The molecule has 0 amide bonds. The first kappa shape index (κ1) is 31.2. The Morgan fingerprint density at radius 3 is 2.26 bits per heavy atom. The van der Waals surface area contributed by atoms with Crippen LogP contribution in [-0.2, 0) is 15.4 Å². The lowest BCUT2D eigenvalue weighted by atomic mass is 9.70. The molecule has 3 aliphatic heterocycles. The molecule has 4 aromatic rings. The van der Waals surface area contributed by atoms with Crippen LogP contribution in [0.4, 0.5) is 5.69 Å². The Morgan fingerprint density at radius 1 is 0.935 bits per heavy atom. The summed E-state index contributed by atoms with van der Waals surface area (Å²) in [5.41, 5.74) is 4.51. The van der Waals surface area contributed by atoms with Crippen LogP contribution in [0.15, 0.2) is 83.3 Å². The quantitative estimate of drug-likeness (QED) is 0.170. The molecule has 8 nitrogen and oxygen atoms in total. The Balaban J connectivity index is 1.07. The standard InChI is InChI=1S/C36H43ClN6O2S/c1-26-38-33-10-6-7-11-34(33)43(26)32-24-30-16-17-31(25-32)42(30)23-20-36(27-8-4-3-5-9-27)18-21-41(22-19-36)35(40-46(2,44)45)39-29-14-12-28(37)13-15-29/h3-15,30-32H,16-25H2,1-2H3,(H,39,40). The molecule has 2 bridgehead atoms. The maximum Gasteiger partial charge on any atom is 0.253 e. The van der Waals surface area contributed by atoms with Crippen LogP contribution in [0.1, 0.15) is 62.4 Å². The second-order valence-corrected chi connectivity index (χ2v) is 15.5. The molecule has 3 saturated heterocycles. The summed E-state index contributed by atoms with van der Waals surface area (Å²) in [4.78, 5) is 9.78. The molecule has 10 heteroatoms. The minimum Gasteiger partial charge on any atom is -0.342 e. The van der Waals surface area contributed by atoms with Gasteiger partial charge in [-0.25, -0.2) is 13.4 Å². The number of piperidine rings is 2. The Hall–Kier alpha value is -3.40. The maximum absolute atomic E-state index is 12.3. The van der Waals surface area contributed by atoms with Crippen molar-refractivity contribution in [1.82, 2.24) is 19.4 Å². The van der Waals surface area contributed by atoms with E-state index in [2.05, 4.69) is 85.6 Å². The first-order valence-corrected chi connectivity index (χ1v) is 18.7. The molecule has 1 aromatic heterocycles. The molecule has 0 saturated carbocycles. The van der Waals surface area contributed by atoms with Gasteiger partial charge >= 0.3 is 0 Å². The van der Waals surface area contributed by atoms with Gasteiger partial charge in [0.2, 0.25) is 5.96 Å². The van der Waals surface area contributed by atoms with E-state index in [1.807, 2.05) is 12.1 Å². The summed E-state index contributed by atoms with van der Waals surface area (Å²) < 4.78 is 31.3. The van der Waals surface area contributed by atoms with E-state index in [4.69, 9.17) is 16.6 Å². The highest BCUT2D eigenvalue weighted by atomic mass is 35.5. The van der Waals surface area contributed by atoms with E-state index in [0.29, 0.717) is 42.2 Å². The van der Waals surface area contributed by atoms with Crippen molar-refractivity contribution in [3.8, 4) is 0 Å². The fourth-order valence-corrected chi connectivity index (χ4v) is 8.99. The van der Waals surface area contributed by atoms with Crippen molar-refractivity contribution in [2.45, 2.75) is 75.4 Å². The van der Waals surface area contributed by atoms with E-state index in [1.165, 1.54) is 36.8 Å². The van der Waals surface area contributed by atoms with Gasteiger partial charge in [0.15, 0.2) is 0 Å². The second kappa shape index (κ2) is 12.7. The van der Waals surface area contributed by atoms with Crippen molar-refractivity contribution >= 4 is 44.3 Å². The number of imidazole rings is 1. The van der Waals surface area contributed by atoms with Gasteiger partial charge in [-0.15, -0.1) is 4.40 Å². The minimum atomic E-state index is -3.60. The molecule has 0 spiro atoms. The van der Waals surface area contributed by atoms with Crippen LogP contribution in [0.25, 0.3) is 11.0 Å². The monoisotopic (exact) mass is 658 g/mol. The van der Waals surface area contributed by atoms with Gasteiger partial charge in [-0.3, -0.25) is 4.90 Å². The molecule has 46 heavy (non-hydrogen) atoms. The highest BCUT2D eigenvalue weighted by Crippen LogP contribution is 2.45. The third-order valence-electron chi connectivity index (χ3n) is 10.6. The molecular formula is C36H43ClN6O2S. The number of sulfonamides is 1. The number of guanidine groups is 1. The van der Waals surface area contributed by atoms with Crippen molar-refractivity contribution in [2.75, 3.05) is 31.2 Å². The number of nitrogens with zero attached hydrogens (tertiary/aromatic N) is 5. The van der Waals surface area contributed by atoms with E-state index < -0.39 is 10.0 Å². The SMILES string of the molecule is Cc1nc2ccccc2n1C1CC2CCC(C1)N2CCC1(c2ccccc2)CCN(/C(=N/S(C)(=O)=O)Nc2ccc(Cl)cc2)CC1. The summed E-state index contributed by atoms with van der Waals surface area (Å²) in [7, 11) is -3.60. The normalized spacial score (nSPS) is 23.6. The van der Waals surface area contributed by atoms with Crippen LogP contribution in [0, 0.1) is 6.92 Å². The number of halogens is 1. The average molecular weight is 659 g/mol. The van der Waals surface area contributed by atoms with Crippen LogP contribution in [0.2, 0.25) is 5.02 Å². The predicted octanol–water partition coefficient (Wildman–Crippen LogP) is 7.02. The Bertz CT molecular complexity index is 1800. The smallest absolute Gasteiger partial charge is 0.253 e. The van der Waals surface area contributed by atoms with E-state index in [1.54, 1.807) is 12.1 Å². The van der Waals surface area contributed by atoms with Crippen molar-refractivity contribution in [2.24, 2.45) is 4.40 Å². The highest BCUT2D eigenvalue weighted by molar-refractivity contribution is 7.89. The zero-order valence-electron chi connectivity index (χ0n) is 26.6. The van der Waals surface area contributed by atoms with Crippen molar-refractivity contribution in [3.05, 3.63) is 95.3 Å². The van der Waals surface area contributed by atoms with Crippen LogP contribution in [0.5, 0.6) is 0 Å². The molecule has 7 rings (SSSR count). The summed E-state index contributed by atoms with van der Waals surface area (Å²) in [5.74, 6) is 1.49. The summed E-state index contributed by atoms with van der Waals surface area (Å²) in [5, 5.41) is 3.88. The number of para-hydroxylation sites is 2. The fourth-order valence-electron chi connectivity index (χ4n) is 8.39. The van der Waals surface area contributed by atoms with Gasteiger partial charge in [0.1, 0.15) is 5.82 Å². The molecular weight excluding hydrogens is 616 g/mol. The molecule has 0 radical (unpaired) electrons. The Labute approximate surface area is 277 Å². The van der Waals surface area contributed by atoms with E-state index in [0.717, 1.165) is 49.1 Å². The van der Waals surface area contributed by atoms with E-state index in [9.17, 15) is 8.42 Å². The largest absolute Gasteiger partial charge is 0.342 e. The van der Waals surface area contributed by atoms with Gasteiger partial charge in [-0.1, -0.05) is 54.1 Å². The first-order valence-electron chi connectivity index (χ1n) is 16.5. The number of aromatic nitrogens is 2. The molecule has 2 atom stereocenters. The summed E-state index contributed by atoms with van der Waals surface area (Å²) in [6.07, 6.45) is 8.95. The van der Waals surface area contributed by atoms with Crippen molar-refractivity contribution in [1.29, 1.82) is 0 Å². The molecule has 3 aliphatic rings. The molecule has 3 fully saturated rings. The number of anilines is 1. The Kier molecular flexibility index (Phi) is 8.59. The fraction of sp³-hybridized carbons (Fsp3) is 0.444. The van der Waals surface area contributed by atoms with Crippen LogP contribution >= 0.6 is 11.6 Å². The number of rotatable bonds is 7. The molecule has 242 valence electrons. The number of likely N-dealkylation sites (tertiary alicyclic amines) is 1. The molecule has 3 aromatic carbocycles. The zero-order valence-corrected chi connectivity index (χ0v) is 28.2. The summed E-state index contributed by atoms with van der Waals surface area (Å²) in [6, 6.07) is 28.4. The van der Waals surface area contributed by atoms with Crippen LogP contribution in [-0.4, -0.2) is 71.7 Å². The van der Waals surface area contributed by atoms with Gasteiger partial charge in [-0.2, -0.15) is 0 Å². The van der Waals surface area contributed by atoms with Gasteiger partial charge in [0.05, 0.1) is 17.3 Å². The molecule has 1 N–H and O–H groups in total. The average Bonchev–Trinajstić information content (AvgIpc) is 3.51. The number of aryl methyl sites for hydroxylation is 1. The second-order valence-electron chi connectivity index (χ2n) is 13.4. The van der Waals surface area contributed by atoms with Crippen molar-refractivity contribution in [3.63, 3.8) is 0 Å². The minimum absolute atomic E-state index is 0.0155. The van der Waals surface area contributed by atoms with E-state index >= 15 is 0 Å². The number of fused-ring (bicyclic) bond motifs is 3. The maximum atomic E-state index is 12.3. The number of benzene rings is 3. The molecule has 4 heterocycles. The predicted molar refractivity (Wildman–Crippen MR) is 187 cm³/mol. The lowest BCUT2D eigenvalue weighted by molar-refractivity contribution is 0.0888.